The Bertz CT molecular complexity index is 548. The second-order valence-corrected chi connectivity index (χ2v) is 5.17. The van der Waals surface area contributed by atoms with Crippen molar-refractivity contribution in [1.29, 1.82) is 0 Å². The van der Waals surface area contributed by atoms with Gasteiger partial charge in [0.25, 0.3) is 0 Å². The maximum absolute atomic E-state index is 6.36. The lowest BCUT2D eigenvalue weighted by molar-refractivity contribution is 0.0624. The molecule has 1 aliphatic carbocycles. The molecule has 2 unspecified atom stereocenters. The van der Waals surface area contributed by atoms with Crippen molar-refractivity contribution in [3.63, 3.8) is 0 Å². The molecule has 3 rings (SSSR count). The van der Waals surface area contributed by atoms with Crippen LogP contribution in [0.2, 0.25) is 0 Å². The van der Waals surface area contributed by atoms with Gasteiger partial charge in [-0.15, -0.1) is 0 Å². The van der Waals surface area contributed by atoms with Gasteiger partial charge in [-0.1, -0.05) is 36.4 Å². The zero-order valence-electron chi connectivity index (χ0n) is 10.7. The van der Waals surface area contributed by atoms with Crippen LogP contribution in [0.4, 0.5) is 0 Å². The van der Waals surface area contributed by atoms with E-state index in [2.05, 4.69) is 42.5 Å². The molecular formula is C16H19NO. The van der Waals surface area contributed by atoms with Gasteiger partial charge in [0, 0.05) is 7.11 Å². The van der Waals surface area contributed by atoms with Crippen LogP contribution in [0.25, 0.3) is 10.8 Å². The summed E-state index contributed by atoms with van der Waals surface area (Å²) in [5.41, 5.74) is 7.53. The minimum atomic E-state index is -0.0212. The highest BCUT2D eigenvalue weighted by molar-refractivity contribution is 5.83. The van der Waals surface area contributed by atoms with Crippen molar-refractivity contribution in [1.82, 2.24) is 0 Å². The van der Waals surface area contributed by atoms with Crippen molar-refractivity contribution in [2.75, 3.05) is 7.11 Å². The zero-order valence-corrected chi connectivity index (χ0v) is 10.7. The van der Waals surface area contributed by atoms with Gasteiger partial charge in [-0.05, 0) is 41.2 Å². The summed E-state index contributed by atoms with van der Waals surface area (Å²) in [5.74, 6) is 0.650. The van der Waals surface area contributed by atoms with Crippen LogP contribution < -0.4 is 5.73 Å². The molecule has 0 aromatic heterocycles. The maximum atomic E-state index is 6.36. The normalized spacial score (nSPS) is 18.8. The van der Waals surface area contributed by atoms with E-state index in [0.29, 0.717) is 5.92 Å². The zero-order chi connectivity index (χ0) is 12.5. The number of methoxy groups -OCH3 is 1. The second kappa shape index (κ2) is 4.71. The second-order valence-electron chi connectivity index (χ2n) is 5.17. The Morgan fingerprint density at radius 2 is 1.83 bits per heavy atom. The average Bonchev–Trinajstić information content (AvgIpc) is 3.23. The molecule has 1 aliphatic rings. The molecule has 0 bridgehead atoms. The van der Waals surface area contributed by atoms with Crippen LogP contribution in [0, 0.1) is 5.92 Å². The fourth-order valence-corrected chi connectivity index (χ4v) is 2.66. The molecule has 0 radical (unpaired) electrons. The smallest absolute Gasteiger partial charge is 0.0791 e. The molecule has 0 saturated heterocycles. The van der Waals surface area contributed by atoms with Crippen LogP contribution in [0.15, 0.2) is 42.5 Å². The molecule has 0 aliphatic heterocycles. The number of ether oxygens (including phenoxy) is 1. The number of nitrogens with two attached hydrogens (primary N) is 1. The summed E-state index contributed by atoms with van der Waals surface area (Å²) in [6.07, 6.45) is 2.66. The van der Waals surface area contributed by atoms with E-state index in [-0.39, 0.29) is 12.1 Å². The molecule has 94 valence electrons. The summed E-state index contributed by atoms with van der Waals surface area (Å²) in [4.78, 5) is 0. The first kappa shape index (κ1) is 11.7. The topological polar surface area (TPSA) is 35.2 Å². The van der Waals surface area contributed by atoms with Gasteiger partial charge < -0.3 is 10.5 Å². The van der Waals surface area contributed by atoms with Crippen molar-refractivity contribution < 1.29 is 4.74 Å². The predicted molar refractivity (Wildman–Crippen MR) is 74.4 cm³/mol. The Balaban J connectivity index is 1.92. The van der Waals surface area contributed by atoms with Gasteiger partial charge in [-0.25, -0.2) is 0 Å². The summed E-state index contributed by atoms with van der Waals surface area (Å²) in [6, 6.07) is 14.8. The maximum Gasteiger partial charge on any atom is 0.0791 e. The Kier molecular flexibility index (Phi) is 3.06. The van der Waals surface area contributed by atoms with Gasteiger partial charge in [-0.2, -0.15) is 0 Å². The highest BCUT2D eigenvalue weighted by atomic mass is 16.5. The first-order valence-electron chi connectivity index (χ1n) is 6.56. The lowest BCUT2D eigenvalue weighted by Crippen LogP contribution is -2.29. The largest absolute Gasteiger partial charge is 0.379 e. The monoisotopic (exact) mass is 241 g/mol. The molecule has 18 heavy (non-hydrogen) atoms. The van der Waals surface area contributed by atoms with Crippen molar-refractivity contribution in [3.8, 4) is 0 Å². The Labute approximate surface area is 108 Å². The molecule has 0 amide bonds. The number of benzene rings is 2. The standard InChI is InChI=1S/C16H19NO/c1-18-16(12-7-8-12)15(17)14-9-6-11-4-2-3-5-13(11)10-14/h2-6,9-10,12,15-16H,7-8,17H2,1H3. The summed E-state index contributed by atoms with van der Waals surface area (Å²) >= 11 is 0. The molecule has 2 aromatic rings. The fraction of sp³-hybridized carbons (Fsp3) is 0.375. The van der Waals surface area contributed by atoms with Crippen molar-refractivity contribution in [2.45, 2.75) is 25.0 Å². The third-order valence-corrected chi connectivity index (χ3v) is 3.87. The highest BCUT2D eigenvalue weighted by Gasteiger charge is 2.35. The van der Waals surface area contributed by atoms with Crippen LogP contribution in [-0.4, -0.2) is 13.2 Å². The van der Waals surface area contributed by atoms with E-state index in [9.17, 15) is 0 Å². The molecule has 2 N–H and O–H groups in total. The van der Waals surface area contributed by atoms with E-state index in [1.165, 1.54) is 29.2 Å². The Morgan fingerprint density at radius 3 is 2.50 bits per heavy atom. The van der Waals surface area contributed by atoms with E-state index in [4.69, 9.17) is 10.5 Å². The lowest BCUT2D eigenvalue weighted by atomic mass is 9.96. The van der Waals surface area contributed by atoms with E-state index in [0.717, 1.165) is 0 Å². The molecule has 2 aromatic carbocycles. The first-order valence-corrected chi connectivity index (χ1v) is 6.56. The average molecular weight is 241 g/mol. The van der Waals surface area contributed by atoms with Gasteiger partial charge in [0.2, 0.25) is 0 Å². The molecular weight excluding hydrogens is 222 g/mol. The predicted octanol–water partition coefficient (Wildman–Crippen LogP) is 3.26. The summed E-state index contributed by atoms with van der Waals surface area (Å²) < 4.78 is 5.58. The van der Waals surface area contributed by atoms with Gasteiger partial charge in [0.15, 0.2) is 0 Å². The van der Waals surface area contributed by atoms with E-state index < -0.39 is 0 Å². The molecule has 0 heterocycles. The van der Waals surface area contributed by atoms with Crippen LogP contribution in [0.5, 0.6) is 0 Å². The van der Waals surface area contributed by atoms with Crippen LogP contribution in [0.1, 0.15) is 24.4 Å². The highest BCUT2D eigenvalue weighted by Crippen LogP contribution is 2.39. The lowest BCUT2D eigenvalue weighted by Gasteiger charge is -2.23. The molecule has 2 nitrogen and oxygen atoms in total. The molecule has 2 heteroatoms. The quantitative estimate of drug-likeness (QED) is 0.891. The summed E-state index contributed by atoms with van der Waals surface area (Å²) in [7, 11) is 1.77. The van der Waals surface area contributed by atoms with Gasteiger partial charge in [0.1, 0.15) is 0 Å². The SMILES string of the molecule is COC(C1CC1)C(N)c1ccc2ccccc2c1. The molecule has 1 fully saturated rings. The summed E-state index contributed by atoms with van der Waals surface area (Å²) in [6.45, 7) is 0. The van der Waals surface area contributed by atoms with E-state index in [1.54, 1.807) is 7.11 Å². The number of hydrogen-bond acceptors (Lipinski definition) is 2. The minimum absolute atomic E-state index is 0.0212. The molecule has 2 atom stereocenters. The number of rotatable bonds is 4. The third-order valence-electron chi connectivity index (χ3n) is 3.87. The number of hydrogen-bond donors (Lipinski definition) is 1. The van der Waals surface area contributed by atoms with Crippen LogP contribution in [-0.2, 0) is 4.74 Å². The van der Waals surface area contributed by atoms with Gasteiger partial charge in [0.05, 0.1) is 12.1 Å². The van der Waals surface area contributed by atoms with E-state index in [1.807, 2.05) is 0 Å². The number of fused-ring (bicyclic) bond motifs is 1. The third kappa shape index (κ3) is 2.14. The van der Waals surface area contributed by atoms with E-state index >= 15 is 0 Å². The summed E-state index contributed by atoms with van der Waals surface area (Å²) in [5, 5.41) is 2.50. The van der Waals surface area contributed by atoms with Gasteiger partial charge >= 0.3 is 0 Å². The van der Waals surface area contributed by atoms with Crippen molar-refractivity contribution >= 4 is 10.8 Å². The Morgan fingerprint density at radius 1 is 1.11 bits per heavy atom. The van der Waals surface area contributed by atoms with Crippen molar-refractivity contribution in [2.24, 2.45) is 11.7 Å². The van der Waals surface area contributed by atoms with Crippen LogP contribution >= 0.6 is 0 Å². The molecule has 0 spiro atoms. The van der Waals surface area contributed by atoms with Gasteiger partial charge in [-0.3, -0.25) is 0 Å². The Hall–Kier alpha value is -1.38. The van der Waals surface area contributed by atoms with Crippen LogP contribution in [0.3, 0.4) is 0 Å². The molecule has 1 saturated carbocycles. The minimum Gasteiger partial charge on any atom is -0.379 e. The van der Waals surface area contributed by atoms with Crippen molar-refractivity contribution in [3.05, 3.63) is 48.0 Å². The first-order chi connectivity index (χ1) is 8.79. The fourth-order valence-electron chi connectivity index (χ4n) is 2.66.